The summed E-state index contributed by atoms with van der Waals surface area (Å²) in [5.41, 5.74) is 2.57. The first kappa shape index (κ1) is 19.0. The highest BCUT2D eigenvalue weighted by Gasteiger charge is 2.12. The molecular weight excluding hydrogens is 356 g/mol. The van der Waals surface area contributed by atoms with Gasteiger partial charge in [-0.2, -0.15) is 0 Å². The predicted octanol–water partition coefficient (Wildman–Crippen LogP) is 2.70. The Morgan fingerprint density at radius 3 is 2.32 bits per heavy atom. The highest BCUT2D eigenvalue weighted by Crippen LogP contribution is 2.18. The summed E-state index contributed by atoms with van der Waals surface area (Å²) in [6.07, 6.45) is 0. The first-order valence-electron chi connectivity index (χ1n) is 8.65. The van der Waals surface area contributed by atoms with Crippen LogP contribution >= 0.6 is 0 Å². The number of rotatable bonds is 4. The first-order valence-corrected chi connectivity index (χ1v) is 8.65. The van der Waals surface area contributed by atoms with E-state index in [9.17, 15) is 14.4 Å². The number of carbonyl (C=O) groups excluding carboxylic acids is 2. The Balaban J connectivity index is 1.77. The maximum absolute atomic E-state index is 12.5. The Morgan fingerprint density at radius 2 is 1.68 bits per heavy atom. The number of nitrogens with one attached hydrogen (secondary N) is 2. The number of amides is 2. The van der Waals surface area contributed by atoms with Crippen molar-refractivity contribution in [3.05, 3.63) is 81.8 Å². The maximum Gasteiger partial charge on any atom is 0.255 e. The van der Waals surface area contributed by atoms with Crippen LogP contribution in [0, 0.1) is 6.92 Å². The molecular formula is C21H20N4O3. The number of aromatic nitrogens is 2. The van der Waals surface area contributed by atoms with E-state index in [1.807, 2.05) is 0 Å². The molecule has 0 aliphatic rings. The lowest BCUT2D eigenvalue weighted by Gasteiger charge is -2.11. The molecule has 7 heteroatoms. The largest absolute Gasteiger partial charge is 0.345 e. The third kappa shape index (κ3) is 4.32. The molecule has 1 heterocycles. The van der Waals surface area contributed by atoms with Crippen LogP contribution in [0.5, 0.6) is 0 Å². The number of aryl methyl sites for hydroxylation is 1. The molecule has 0 radical (unpaired) electrons. The fraction of sp³-hybridized carbons (Fsp3) is 0.143. The Kier molecular flexibility index (Phi) is 5.35. The van der Waals surface area contributed by atoms with E-state index in [0.717, 1.165) is 5.56 Å². The fourth-order valence-electron chi connectivity index (χ4n) is 2.68. The highest BCUT2D eigenvalue weighted by molar-refractivity contribution is 6.06. The minimum Gasteiger partial charge on any atom is -0.345 e. The van der Waals surface area contributed by atoms with Crippen LogP contribution in [0.1, 0.15) is 26.4 Å². The number of hydrogen-bond donors (Lipinski definition) is 2. The zero-order valence-electron chi connectivity index (χ0n) is 15.8. The van der Waals surface area contributed by atoms with E-state index in [4.69, 9.17) is 0 Å². The molecule has 0 fully saturated rings. The lowest BCUT2D eigenvalue weighted by Crippen LogP contribution is -2.22. The van der Waals surface area contributed by atoms with Gasteiger partial charge in [0.05, 0.1) is 0 Å². The quantitative estimate of drug-likeness (QED) is 0.732. The molecule has 0 saturated carbocycles. The number of aromatic amines is 1. The summed E-state index contributed by atoms with van der Waals surface area (Å²) in [5.74, 6) is -0.0142. The van der Waals surface area contributed by atoms with Crippen molar-refractivity contribution < 1.29 is 9.59 Å². The molecule has 142 valence electrons. The van der Waals surface area contributed by atoms with Gasteiger partial charge >= 0.3 is 0 Å². The molecule has 1 aromatic heterocycles. The summed E-state index contributed by atoms with van der Waals surface area (Å²) >= 11 is 0. The molecule has 0 spiro atoms. The van der Waals surface area contributed by atoms with Gasteiger partial charge in [0.1, 0.15) is 5.82 Å². The smallest absolute Gasteiger partial charge is 0.255 e. The van der Waals surface area contributed by atoms with Gasteiger partial charge in [0.25, 0.3) is 17.4 Å². The van der Waals surface area contributed by atoms with Crippen molar-refractivity contribution in [1.29, 1.82) is 0 Å². The number of benzene rings is 2. The van der Waals surface area contributed by atoms with Gasteiger partial charge in [-0.05, 0) is 49.4 Å². The lowest BCUT2D eigenvalue weighted by molar-refractivity contribution is 0.0827. The van der Waals surface area contributed by atoms with Crippen molar-refractivity contribution in [3.63, 3.8) is 0 Å². The lowest BCUT2D eigenvalue weighted by atomic mass is 10.1. The zero-order chi connectivity index (χ0) is 20.3. The second-order valence-corrected chi connectivity index (χ2v) is 6.55. The third-order valence-corrected chi connectivity index (χ3v) is 4.06. The zero-order valence-corrected chi connectivity index (χ0v) is 15.8. The van der Waals surface area contributed by atoms with Crippen molar-refractivity contribution >= 4 is 17.5 Å². The molecule has 3 aromatic rings. The average molecular weight is 376 g/mol. The topological polar surface area (TPSA) is 95.2 Å². The van der Waals surface area contributed by atoms with Gasteiger partial charge in [-0.3, -0.25) is 14.4 Å². The number of H-pyrrole nitrogens is 1. The summed E-state index contributed by atoms with van der Waals surface area (Å²) < 4.78 is 0. The van der Waals surface area contributed by atoms with E-state index in [0.29, 0.717) is 28.3 Å². The molecule has 0 bridgehead atoms. The second-order valence-electron chi connectivity index (χ2n) is 6.55. The summed E-state index contributed by atoms with van der Waals surface area (Å²) in [4.78, 5) is 44.6. The van der Waals surface area contributed by atoms with Crippen molar-refractivity contribution in [1.82, 2.24) is 14.9 Å². The summed E-state index contributed by atoms with van der Waals surface area (Å²) in [6.45, 7) is 1.75. The van der Waals surface area contributed by atoms with Crippen LogP contribution in [0.15, 0.2) is 59.4 Å². The van der Waals surface area contributed by atoms with E-state index in [1.54, 1.807) is 69.6 Å². The fourth-order valence-corrected chi connectivity index (χ4v) is 2.68. The first-order chi connectivity index (χ1) is 13.3. The Labute approximate surface area is 162 Å². The van der Waals surface area contributed by atoms with Gasteiger partial charge in [-0.1, -0.05) is 6.07 Å². The number of nitrogens with zero attached hydrogens (tertiary/aromatic N) is 2. The monoisotopic (exact) mass is 376 g/mol. The number of carbonyl (C=O) groups is 2. The van der Waals surface area contributed by atoms with E-state index in [-0.39, 0.29) is 17.4 Å². The maximum atomic E-state index is 12.5. The van der Waals surface area contributed by atoms with E-state index in [2.05, 4.69) is 15.3 Å². The molecule has 0 atom stereocenters. The van der Waals surface area contributed by atoms with Gasteiger partial charge in [0.15, 0.2) is 0 Å². The van der Waals surface area contributed by atoms with Crippen molar-refractivity contribution in [2.45, 2.75) is 6.92 Å². The van der Waals surface area contributed by atoms with Gasteiger partial charge in [-0.15, -0.1) is 0 Å². The van der Waals surface area contributed by atoms with Crippen LogP contribution in [0.2, 0.25) is 0 Å². The van der Waals surface area contributed by atoms with Crippen LogP contribution in [0.3, 0.4) is 0 Å². The van der Waals surface area contributed by atoms with Crippen LogP contribution in [-0.2, 0) is 0 Å². The molecule has 0 unspecified atom stereocenters. The second kappa shape index (κ2) is 7.87. The standard InChI is InChI=1S/C21H20N4O3/c1-13-11-18(26)24-19(22-13)14-7-9-17(10-8-14)23-20(27)15-5-4-6-16(12-15)21(28)25(2)3/h4-12H,1-3H3,(H,23,27)(H,22,24,26). The average Bonchev–Trinajstić information content (AvgIpc) is 2.67. The van der Waals surface area contributed by atoms with Crippen LogP contribution in [0.25, 0.3) is 11.4 Å². The van der Waals surface area contributed by atoms with Gasteiger partial charge in [0, 0.05) is 48.2 Å². The normalized spacial score (nSPS) is 10.4. The summed E-state index contributed by atoms with van der Waals surface area (Å²) in [5, 5.41) is 2.80. The molecule has 0 saturated heterocycles. The van der Waals surface area contributed by atoms with E-state index < -0.39 is 0 Å². The van der Waals surface area contributed by atoms with Crippen molar-refractivity contribution in [2.75, 3.05) is 19.4 Å². The molecule has 2 amide bonds. The van der Waals surface area contributed by atoms with Gasteiger partial charge < -0.3 is 15.2 Å². The minimum absolute atomic E-state index is 0.168. The SMILES string of the molecule is Cc1cc(=O)[nH]c(-c2ccc(NC(=O)c3cccc(C(=O)N(C)C)c3)cc2)n1. The molecule has 0 aliphatic heterocycles. The molecule has 0 aliphatic carbocycles. The Bertz CT molecular complexity index is 1090. The van der Waals surface area contributed by atoms with Gasteiger partial charge in [-0.25, -0.2) is 4.98 Å². The molecule has 28 heavy (non-hydrogen) atoms. The van der Waals surface area contributed by atoms with Crippen LogP contribution in [-0.4, -0.2) is 40.8 Å². The third-order valence-electron chi connectivity index (χ3n) is 4.06. The molecule has 2 N–H and O–H groups in total. The minimum atomic E-state index is -0.316. The Morgan fingerprint density at radius 1 is 1.00 bits per heavy atom. The van der Waals surface area contributed by atoms with Crippen LogP contribution < -0.4 is 10.9 Å². The highest BCUT2D eigenvalue weighted by atomic mass is 16.2. The summed E-state index contributed by atoms with van der Waals surface area (Å²) in [7, 11) is 3.32. The van der Waals surface area contributed by atoms with E-state index >= 15 is 0 Å². The molecule has 2 aromatic carbocycles. The van der Waals surface area contributed by atoms with E-state index in [1.165, 1.54) is 11.0 Å². The van der Waals surface area contributed by atoms with Gasteiger partial charge in [0.2, 0.25) is 0 Å². The molecule has 3 rings (SSSR count). The summed E-state index contributed by atoms with van der Waals surface area (Å²) in [6, 6.07) is 15.0. The number of anilines is 1. The van der Waals surface area contributed by atoms with Crippen molar-refractivity contribution in [2.24, 2.45) is 0 Å². The number of hydrogen-bond acceptors (Lipinski definition) is 4. The Hall–Kier alpha value is -3.74. The van der Waals surface area contributed by atoms with Crippen LogP contribution in [0.4, 0.5) is 5.69 Å². The molecule has 7 nitrogen and oxygen atoms in total. The van der Waals surface area contributed by atoms with Crippen molar-refractivity contribution in [3.8, 4) is 11.4 Å². The predicted molar refractivity (Wildman–Crippen MR) is 107 cm³/mol.